The lowest BCUT2D eigenvalue weighted by Gasteiger charge is -2.22. The van der Waals surface area contributed by atoms with E-state index in [0.29, 0.717) is 19.6 Å². The van der Waals surface area contributed by atoms with Crippen molar-refractivity contribution >= 4 is 6.03 Å². The van der Waals surface area contributed by atoms with E-state index in [1.807, 2.05) is 0 Å². The SMILES string of the molecule is CCc1ccc(C2CNC(=O)N2CCN)cc1. The number of hydrogen-bond donors (Lipinski definition) is 2. The Hall–Kier alpha value is -1.55. The van der Waals surface area contributed by atoms with Gasteiger partial charge >= 0.3 is 6.03 Å². The van der Waals surface area contributed by atoms with E-state index in [0.717, 1.165) is 6.42 Å². The van der Waals surface area contributed by atoms with E-state index < -0.39 is 0 Å². The highest BCUT2D eigenvalue weighted by Crippen LogP contribution is 2.24. The number of rotatable bonds is 4. The Balaban J connectivity index is 2.17. The Kier molecular flexibility index (Phi) is 3.64. The first kappa shape index (κ1) is 11.9. The average molecular weight is 233 g/mol. The minimum atomic E-state index is -0.0139. The molecule has 1 atom stereocenters. The summed E-state index contributed by atoms with van der Waals surface area (Å²) in [7, 11) is 0. The summed E-state index contributed by atoms with van der Waals surface area (Å²) >= 11 is 0. The lowest BCUT2D eigenvalue weighted by Crippen LogP contribution is -2.34. The Morgan fingerprint density at radius 3 is 2.71 bits per heavy atom. The smallest absolute Gasteiger partial charge is 0.318 e. The molecule has 4 heteroatoms. The van der Waals surface area contributed by atoms with Crippen LogP contribution in [0.1, 0.15) is 24.1 Å². The second-order valence-electron chi connectivity index (χ2n) is 4.28. The molecule has 1 heterocycles. The van der Waals surface area contributed by atoms with Crippen molar-refractivity contribution in [1.82, 2.24) is 10.2 Å². The van der Waals surface area contributed by atoms with Crippen molar-refractivity contribution in [2.24, 2.45) is 5.73 Å². The first-order valence-corrected chi connectivity index (χ1v) is 6.09. The molecule has 4 nitrogen and oxygen atoms in total. The van der Waals surface area contributed by atoms with Crippen LogP contribution in [0, 0.1) is 0 Å². The van der Waals surface area contributed by atoms with E-state index in [4.69, 9.17) is 5.73 Å². The molecule has 2 rings (SSSR count). The van der Waals surface area contributed by atoms with E-state index in [1.54, 1.807) is 4.90 Å². The standard InChI is InChI=1S/C13H19N3O/c1-2-10-3-5-11(6-4-10)12-9-15-13(17)16(12)8-7-14/h3-6,12H,2,7-9,14H2,1H3,(H,15,17). The van der Waals surface area contributed by atoms with Crippen LogP contribution >= 0.6 is 0 Å². The Morgan fingerprint density at radius 2 is 2.12 bits per heavy atom. The molecule has 1 unspecified atom stereocenters. The van der Waals surface area contributed by atoms with Gasteiger partial charge in [-0.2, -0.15) is 0 Å². The van der Waals surface area contributed by atoms with Gasteiger partial charge in [-0.1, -0.05) is 31.2 Å². The predicted octanol–water partition coefficient (Wildman–Crippen LogP) is 1.27. The molecule has 1 aromatic rings. The number of hydrogen-bond acceptors (Lipinski definition) is 2. The van der Waals surface area contributed by atoms with Crippen molar-refractivity contribution in [2.45, 2.75) is 19.4 Å². The highest BCUT2D eigenvalue weighted by molar-refractivity contribution is 5.77. The van der Waals surface area contributed by atoms with Gasteiger partial charge in [-0.3, -0.25) is 0 Å². The number of aryl methyl sites for hydroxylation is 1. The Labute approximate surface area is 102 Å². The minimum absolute atomic E-state index is 0.0139. The van der Waals surface area contributed by atoms with Crippen molar-refractivity contribution in [2.75, 3.05) is 19.6 Å². The summed E-state index contributed by atoms with van der Waals surface area (Å²) in [4.78, 5) is 13.4. The molecule has 17 heavy (non-hydrogen) atoms. The molecule has 1 aromatic carbocycles. The highest BCUT2D eigenvalue weighted by Gasteiger charge is 2.30. The summed E-state index contributed by atoms with van der Waals surface area (Å²) in [6.07, 6.45) is 1.04. The van der Waals surface area contributed by atoms with Crippen molar-refractivity contribution in [3.05, 3.63) is 35.4 Å². The second-order valence-corrected chi connectivity index (χ2v) is 4.28. The van der Waals surface area contributed by atoms with Crippen LogP contribution in [0.25, 0.3) is 0 Å². The number of nitrogens with one attached hydrogen (secondary N) is 1. The van der Waals surface area contributed by atoms with Crippen molar-refractivity contribution in [3.63, 3.8) is 0 Å². The zero-order chi connectivity index (χ0) is 12.3. The predicted molar refractivity (Wildman–Crippen MR) is 67.7 cm³/mol. The van der Waals surface area contributed by atoms with Gasteiger partial charge in [0.15, 0.2) is 0 Å². The van der Waals surface area contributed by atoms with E-state index in [1.165, 1.54) is 11.1 Å². The van der Waals surface area contributed by atoms with Crippen LogP contribution < -0.4 is 11.1 Å². The molecule has 0 bridgehead atoms. The van der Waals surface area contributed by atoms with Gasteiger partial charge in [0.05, 0.1) is 6.04 Å². The van der Waals surface area contributed by atoms with Crippen LogP contribution in [0.5, 0.6) is 0 Å². The molecule has 1 saturated heterocycles. The van der Waals surface area contributed by atoms with Gasteiger partial charge in [-0.05, 0) is 17.5 Å². The van der Waals surface area contributed by atoms with E-state index in [9.17, 15) is 4.79 Å². The molecule has 0 saturated carbocycles. The lowest BCUT2D eigenvalue weighted by atomic mass is 10.0. The summed E-state index contributed by atoms with van der Waals surface area (Å²) in [5.41, 5.74) is 8.03. The fraction of sp³-hybridized carbons (Fsp3) is 0.462. The highest BCUT2D eigenvalue weighted by atomic mass is 16.2. The summed E-state index contributed by atoms with van der Waals surface area (Å²) in [5.74, 6) is 0. The monoisotopic (exact) mass is 233 g/mol. The third-order valence-corrected chi connectivity index (χ3v) is 3.23. The number of carbonyl (C=O) groups excluding carboxylic acids is 1. The van der Waals surface area contributed by atoms with Crippen molar-refractivity contribution in [3.8, 4) is 0 Å². The molecule has 2 amide bonds. The zero-order valence-corrected chi connectivity index (χ0v) is 10.1. The first-order valence-electron chi connectivity index (χ1n) is 6.09. The number of urea groups is 1. The van der Waals surface area contributed by atoms with Gasteiger partial charge in [-0.15, -0.1) is 0 Å². The van der Waals surface area contributed by atoms with E-state index in [-0.39, 0.29) is 12.1 Å². The second kappa shape index (κ2) is 5.19. The normalized spacial score (nSPS) is 19.5. The molecular formula is C13H19N3O. The van der Waals surface area contributed by atoms with Crippen molar-refractivity contribution in [1.29, 1.82) is 0 Å². The molecule has 1 aliphatic heterocycles. The maximum Gasteiger partial charge on any atom is 0.318 e. The molecule has 1 aliphatic rings. The number of nitrogens with zero attached hydrogens (tertiary/aromatic N) is 1. The lowest BCUT2D eigenvalue weighted by molar-refractivity contribution is 0.206. The molecule has 0 radical (unpaired) electrons. The molecular weight excluding hydrogens is 214 g/mol. The summed E-state index contributed by atoms with van der Waals surface area (Å²) in [6, 6.07) is 8.56. The van der Waals surface area contributed by atoms with Crippen LogP contribution in [0.2, 0.25) is 0 Å². The average Bonchev–Trinajstić information content (AvgIpc) is 2.72. The van der Waals surface area contributed by atoms with Crippen LogP contribution in [-0.4, -0.2) is 30.6 Å². The largest absolute Gasteiger partial charge is 0.336 e. The van der Waals surface area contributed by atoms with Gasteiger partial charge in [0.1, 0.15) is 0 Å². The topological polar surface area (TPSA) is 58.4 Å². The van der Waals surface area contributed by atoms with Crippen LogP contribution in [0.3, 0.4) is 0 Å². The third kappa shape index (κ3) is 2.42. The zero-order valence-electron chi connectivity index (χ0n) is 10.1. The fourth-order valence-corrected chi connectivity index (χ4v) is 2.21. The minimum Gasteiger partial charge on any atom is -0.336 e. The van der Waals surface area contributed by atoms with Gasteiger partial charge in [0.25, 0.3) is 0 Å². The third-order valence-electron chi connectivity index (χ3n) is 3.23. The Morgan fingerprint density at radius 1 is 1.41 bits per heavy atom. The van der Waals surface area contributed by atoms with E-state index >= 15 is 0 Å². The van der Waals surface area contributed by atoms with Crippen LogP contribution in [-0.2, 0) is 6.42 Å². The molecule has 0 spiro atoms. The summed E-state index contributed by atoms with van der Waals surface area (Å²) in [5, 5.41) is 2.86. The number of carbonyl (C=O) groups is 1. The van der Waals surface area contributed by atoms with Gasteiger partial charge in [0.2, 0.25) is 0 Å². The van der Waals surface area contributed by atoms with Crippen LogP contribution in [0.4, 0.5) is 4.79 Å². The van der Waals surface area contributed by atoms with Gasteiger partial charge in [-0.25, -0.2) is 4.79 Å². The van der Waals surface area contributed by atoms with Crippen LogP contribution in [0.15, 0.2) is 24.3 Å². The Bertz CT molecular complexity index is 388. The maximum absolute atomic E-state index is 11.6. The van der Waals surface area contributed by atoms with Gasteiger partial charge in [0, 0.05) is 19.6 Å². The molecule has 3 N–H and O–H groups in total. The molecule has 1 fully saturated rings. The quantitative estimate of drug-likeness (QED) is 0.823. The molecule has 92 valence electrons. The number of amides is 2. The summed E-state index contributed by atoms with van der Waals surface area (Å²) in [6.45, 7) is 3.91. The molecule has 0 aliphatic carbocycles. The van der Waals surface area contributed by atoms with E-state index in [2.05, 4.69) is 36.5 Å². The number of benzene rings is 1. The molecule has 0 aromatic heterocycles. The number of nitrogens with two attached hydrogens (primary N) is 1. The fourth-order valence-electron chi connectivity index (χ4n) is 2.21. The first-order chi connectivity index (χ1) is 8.26. The summed E-state index contributed by atoms with van der Waals surface area (Å²) < 4.78 is 0. The van der Waals surface area contributed by atoms with Crippen molar-refractivity contribution < 1.29 is 4.79 Å². The van der Waals surface area contributed by atoms with Gasteiger partial charge < -0.3 is 16.0 Å². The maximum atomic E-state index is 11.6.